The van der Waals surface area contributed by atoms with Crippen LogP contribution in [0.4, 0.5) is 5.69 Å². The number of aryl methyl sites for hydroxylation is 1. The Morgan fingerprint density at radius 1 is 1.43 bits per heavy atom. The van der Waals surface area contributed by atoms with Gasteiger partial charge in [0.15, 0.2) is 0 Å². The molecule has 6 nitrogen and oxygen atoms in total. The van der Waals surface area contributed by atoms with E-state index in [1.54, 1.807) is 0 Å². The second-order valence-electron chi connectivity index (χ2n) is 5.22. The maximum atomic E-state index is 12.1. The lowest BCUT2D eigenvalue weighted by Gasteiger charge is -2.10. The lowest BCUT2D eigenvalue weighted by atomic mass is 10.1. The normalized spacial score (nSPS) is 14.2. The molecule has 7 heteroatoms. The minimum Gasteiger partial charge on any atom is -0.325 e. The third kappa shape index (κ3) is 3.24. The standard InChI is InChI=1S/C14H17N5OS/c1-9-4-3-5-12(10(9)2)15-13(20)8-21-14-16-17-18-19(14)11-6-7-11/h3-5,11H,6-8H2,1-2H3,(H,15,20). The Balaban J connectivity index is 1.59. The molecule has 110 valence electrons. The number of carbonyl (C=O) groups is 1. The minimum atomic E-state index is -0.0425. The molecule has 0 spiro atoms. The lowest BCUT2D eigenvalue weighted by Crippen LogP contribution is -2.15. The largest absolute Gasteiger partial charge is 0.325 e. The first-order chi connectivity index (χ1) is 10.1. The van der Waals surface area contributed by atoms with Crippen molar-refractivity contribution in [3.8, 4) is 0 Å². The van der Waals surface area contributed by atoms with Gasteiger partial charge in [-0.1, -0.05) is 23.9 Å². The maximum Gasteiger partial charge on any atom is 0.234 e. The zero-order valence-electron chi connectivity index (χ0n) is 12.0. The highest BCUT2D eigenvalue weighted by molar-refractivity contribution is 7.99. The Labute approximate surface area is 127 Å². The number of anilines is 1. The van der Waals surface area contributed by atoms with Gasteiger partial charge in [-0.2, -0.15) is 0 Å². The average molecular weight is 303 g/mol. The van der Waals surface area contributed by atoms with E-state index in [4.69, 9.17) is 0 Å². The number of benzene rings is 1. The molecule has 1 amide bonds. The van der Waals surface area contributed by atoms with Crippen LogP contribution in [0.15, 0.2) is 23.4 Å². The van der Waals surface area contributed by atoms with Crippen LogP contribution in [0.2, 0.25) is 0 Å². The maximum absolute atomic E-state index is 12.1. The Hall–Kier alpha value is -1.89. The summed E-state index contributed by atoms with van der Waals surface area (Å²) in [5.41, 5.74) is 3.12. The van der Waals surface area contributed by atoms with Gasteiger partial charge in [0.25, 0.3) is 0 Å². The van der Waals surface area contributed by atoms with Crippen molar-refractivity contribution in [2.45, 2.75) is 37.9 Å². The van der Waals surface area contributed by atoms with Gasteiger partial charge < -0.3 is 5.32 Å². The number of hydrogen-bond donors (Lipinski definition) is 1. The first-order valence-electron chi connectivity index (χ1n) is 6.92. The highest BCUT2D eigenvalue weighted by Gasteiger charge is 2.28. The number of nitrogens with zero attached hydrogens (tertiary/aromatic N) is 4. The van der Waals surface area contributed by atoms with Gasteiger partial charge in [0, 0.05) is 5.69 Å². The smallest absolute Gasteiger partial charge is 0.234 e. The number of hydrogen-bond acceptors (Lipinski definition) is 5. The van der Waals surface area contributed by atoms with Gasteiger partial charge in [-0.15, -0.1) is 5.10 Å². The van der Waals surface area contributed by atoms with Gasteiger partial charge in [-0.05, 0) is 54.3 Å². The summed E-state index contributed by atoms with van der Waals surface area (Å²) in [6.45, 7) is 4.04. The van der Waals surface area contributed by atoms with E-state index < -0.39 is 0 Å². The molecule has 1 heterocycles. The van der Waals surface area contributed by atoms with E-state index in [0.29, 0.717) is 17.0 Å². The molecule has 0 radical (unpaired) electrons. The molecule has 3 rings (SSSR count). The fourth-order valence-electron chi connectivity index (χ4n) is 2.03. The summed E-state index contributed by atoms with van der Waals surface area (Å²) in [5, 5.41) is 15.3. The Morgan fingerprint density at radius 2 is 2.24 bits per heavy atom. The SMILES string of the molecule is Cc1cccc(NC(=O)CSc2nnnn2C2CC2)c1C. The third-order valence-electron chi connectivity index (χ3n) is 3.57. The van der Waals surface area contributed by atoms with Gasteiger partial charge >= 0.3 is 0 Å². The topological polar surface area (TPSA) is 72.7 Å². The molecule has 1 aromatic heterocycles. The van der Waals surface area contributed by atoms with Crippen molar-refractivity contribution in [3.05, 3.63) is 29.3 Å². The molecule has 21 heavy (non-hydrogen) atoms. The molecule has 0 atom stereocenters. The van der Waals surface area contributed by atoms with E-state index >= 15 is 0 Å². The number of aromatic nitrogens is 4. The Morgan fingerprint density at radius 3 is 3.00 bits per heavy atom. The van der Waals surface area contributed by atoms with Gasteiger partial charge in [0.05, 0.1) is 11.8 Å². The number of amides is 1. The van der Waals surface area contributed by atoms with Crippen LogP contribution in [0.3, 0.4) is 0 Å². The molecular formula is C14H17N5OS. The molecule has 1 fully saturated rings. The summed E-state index contributed by atoms with van der Waals surface area (Å²) in [5.74, 6) is 0.263. The Kier molecular flexibility index (Phi) is 3.92. The molecule has 1 aromatic carbocycles. The summed E-state index contributed by atoms with van der Waals surface area (Å²) < 4.78 is 1.82. The van der Waals surface area contributed by atoms with Crippen molar-refractivity contribution >= 4 is 23.4 Å². The molecule has 0 unspecified atom stereocenters. The van der Waals surface area contributed by atoms with Crippen molar-refractivity contribution in [3.63, 3.8) is 0 Å². The zero-order chi connectivity index (χ0) is 14.8. The molecule has 1 N–H and O–H groups in total. The summed E-state index contributed by atoms with van der Waals surface area (Å²) >= 11 is 1.37. The second kappa shape index (κ2) is 5.85. The molecular weight excluding hydrogens is 286 g/mol. The van der Waals surface area contributed by atoms with E-state index in [0.717, 1.165) is 29.7 Å². The van der Waals surface area contributed by atoms with Gasteiger partial charge in [0.2, 0.25) is 11.1 Å². The average Bonchev–Trinajstić information content (AvgIpc) is 3.20. The van der Waals surface area contributed by atoms with Crippen molar-refractivity contribution in [1.82, 2.24) is 20.2 Å². The third-order valence-corrected chi connectivity index (χ3v) is 4.50. The minimum absolute atomic E-state index is 0.0425. The number of tetrazole rings is 1. The first-order valence-corrected chi connectivity index (χ1v) is 7.90. The van der Waals surface area contributed by atoms with Crippen molar-refractivity contribution in [2.75, 3.05) is 11.1 Å². The van der Waals surface area contributed by atoms with Crippen molar-refractivity contribution in [2.24, 2.45) is 0 Å². The van der Waals surface area contributed by atoms with Crippen molar-refractivity contribution in [1.29, 1.82) is 0 Å². The highest BCUT2D eigenvalue weighted by Crippen LogP contribution is 2.36. The van der Waals surface area contributed by atoms with Crippen LogP contribution in [-0.4, -0.2) is 31.9 Å². The van der Waals surface area contributed by atoms with Crippen LogP contribution in [0.25, 0.3) is 0 Å². The van der Waals surface area contributed by atoms with Gasteiger partial charge in [-0.25, -0.2) is 4.68 Å². The van der Waals surface area contributed by atoms with Crippen LogP contribution in [0, 0.1) is 13.8 Å². The van der Waals surface area contributed by atoms with Gasteiger partial charge in [-0.3, -0.25) is 4.79 Å². The lowest BCUT2D eigenvalue weighted by molar-refractivity contribution is -0.113. The molecule has 0 aliphatic heterocycles. The molecule has 1 aliphatic rings. The van der Waals surface area contributed by atoms with E-state index in [-0.39, 0.29) is 5.91 Å². The predicted octanol–water partition coefficient (Wildman–Crippen LogP) is 2.36. The number of thioether (sulfide) groups is 1. The quantitative estimate of drug-likeness (QED) is 0.858. The van der Waals surface area contributed by atoms with Crippen LogP contribution in [-0.2, 0) is 4.79 Å². The molecule has 1 aliphatic carbocycles. The van der Waals surface area contributed by atoms with E-state index in [1.807, 2.05) is 36.7 Å². The van der Waals surface area contributed by atoms with Crippen LogP contribution >= 0.6 is 11.8 Å². The summed E-state index contributed by atoms with van der Waals surface area (Å²) in [6.07, 6.45) is 2.24. The van der Waals surface area contributed by atoms with E-state index in [9.17, 15) is 4.79 Å². The first kappa shape index (κ1) is 14.1. The van der Waals surface area contributed by atoms with Crippen LogP contribution in [0.1, 0.15) is 30.0 Å². The van der Waals surface area contributed by atoms with Gasteiger partial charge in [0.1, 0.15) is 0 Å². The second-order valence-corrected chi connectivity index (χ2v) is 6.16. The highest BCUT2D eigenvalue weighted by atomic mass is 32.2. The number of nitrogens with one attached hydrogen (secondary N) is 1. The van der Waals surface area contributed by atoms with E-state index in [1.165, 1.54) is 11.8 Å². The van der Waals surface area contributed by atoms with Crippen LogP contribution < -0.4 is 5.32 Å². The van der Waals surface area contributed by atoms with E-state index in [2.05, 4.69) is 20.8 Å². The van der Waals surface area contributed by atoms with Crippen LogP contribution in [0.5, 0.6) is 0 Å². The molecule has 0 saturated heterocycles. The molecule has 2 aromatic rings. The predicted molar refractivity (Wildman–Crippen MR) is 81.4 cm³/mol. The molecule has 1 saturated carbocycles. The summed E-state index contributed by atoms with van der Waals surface area (Å²) in [4.78, 5) is 12.1. The summed E-state index contributed by atoms with van der Waals surface area (Å²) in [6, 6.07) is 6.31. The summed E-state index contributed by atoms with van der Waals surface area (Å²) in [7, 11) is 0. The number of rotatable bonds is 5. The number of carbonyl (C=O) groups excluding carboxylic acids is 1. The monoisotopic (exact) mass is 303 g/mol. The van der Waals surface area contributed by atoms with Crippen molar-refractivity contribution < 1.29 is 4.79 Å². The fourth-order valence-corrected chi connectivity index (χ4v) is 2.78. The molecule has 0 bridgehead atoms. The fraction of sp³-hybridized carbons (Fsp3) is 0.429. The zero-order valence-corrected chi connectivity index (χ0v) is 12.9. The Bertz CT molecular complexity index is 665.